The summed E-state index contributed by atoms with van der Waals surface area (Å²) in [5, 5.41) is 0. The Morgan fingerprint density at radius 2 is 1.76 bits per heavy atom. The average Bonchev–Trinajstić information content (AvgIpc) is 2.69. The van der Waals surface area contributed by atoms with Gasteiger partial charge in [0.15, 0.2) is 6.10 Å². The predicted octanol–water partition coefficient (Wildman–Crippen LogP) is 2.93. The lowest BCUT2D eigenvalue weighted by molar-refractivity contribution is -0.152. The van der Waals surface area contributed by atoms with Gasteiger partial charge in [-0.3, -0.25) is 9.59 Å². The number of hydrogen-bond acceptors (Lipinski definition) is 3. The SMILES string of the molecule is COC1C(=O)N(c2cccc(F)c2)C12CCN(C(=O)Cc1cccc(F)c1)CC2. The molecule has 1 atom stereocenters. The Morgan fingerprint density at radius 1 is 1.10 bits per heavy atom. The van der Waals surface area contributed by atoms with Crippen LogP contribution in [0.1, 0.15) is 18.4 Å². The number of carbonyl (C=O) groups excluding carboxylic acids is 2. The van der Waals surface area contributed by atoms with E-state index in [0.29, 0.717) is 37.2 Å². The molecule has 0 aliphatic carbocycles. The van der Waals surface area contributed by atoms with Crippen LogP contribution in [0.15, 0.2) is 48.5 Å². The van der Waals surface area contributed by atoms with Gasteiger partial charge >= 0.3 is 0 Å². The van der Waals surface area contributed by atoms with Crippen LogP contribution in [-0.2, 0) is 20.7 Å². The average molecular weight is 400 g/mol. The van der Waals surface area contributed by atoms with Gasteiger partial charge in [-0.1, -0.05) is 18.2 Å². The molecule has 2 saturated heterocycles. The molecule has 2 aromatic carbocycles. The van der Waals surface area contributed by atoms with E-state index in [0.717, 1.165) is 0 Å². The van der Waals surface area contributed by atoms with Crippen LogP contribution in [0.4, 0.5) is 14.5 Å². The smallest absolute Gasteiger partial charge is 0.259 e. The van der Waals surface area contributed by atoms with Crippen molar-refractivity contribution < 1.29 is 23.1 Å². The molecule has 152 valence electrons. The van der Waals surface area contributed by atoms with E-state index in [1.165, 1.54) is 31.4 Å². The third kappa shape index (κ3) is 3.40. The first-order chi connectivity index (χ1) is 13.9. The van der Waals surface area contributed by atoms with Gasteiger partial charge in [-0.15, -0.1) is 0 Å². The molecular weight excluding hydrogens is 378 g/mol. The molecule has 1 unspecified atom stereocenters. The zero-order chi connectivity index (χ0) is 20.6. The van der Waals surface area contributed by atoms with Gasteiger partial charge in [-0.2, -0.15) is 0 Å². The van der Waals surface area contributed by atoms with Crippen molar-refractivity contribution in [3.05, 3.63) is 65.7 Å². The summed E-state index contributed by atoms with van der Waals surface area (Å²) in [5.74, 6) is -1.05. The number of methoxy groups -OCH3 is 1. The molecule has 0 aromatic heterocycles. The third-order valence-corrected chi connectivity index (χ3v) is 5.91. The minimum Gasteiger partial charge on any atom is -0.369 e. The first kappa shape index (κ1) is 19.5. The van der Waals surface area contributed by atoms with Gasteiger partial charge in [-0.05, 0) is 48.7 Å². The number of rotatable bonds is 4. The van der Waals surface area contributed by atoms with Crippen LogP contribution in [0.2, 0.25) is 0 Å². The highest BCUT2D eigenvalue weighted by Crippen LogP contribution is 2.45. The number of likely N-dealkylation sites (tertiary alicyclic amines) is 1. The predicted molar refractivity (Wildman–Crippen MR) is 103 cm³/mol. The second-order valence-corrected chi connectivity index (χ2v) is 7.56. The van der Waals surface area contributed by atoms with Crippen molar-refractivity contribution in [2.75, 3.05) is 25.1 Å². The number of ether oxygens (including phenoxy) is 1. The normalized spacial score (nSPS) is 20.7. The molecule has 0 bridgehead atoms. The first-order valence-electron chi connectivity index (χ1n) is 9.59. The maximum Gasteiger partial charge on any atom is 0.259 e. The van der Waals surface area contributed by atoms with E-state index in [-0.39, 0.29) is 24.1 Å². The summed E-state index contributed by atoms with van der Waals surface area (Å²) in [6.45, 7) is 0.903. The lowest BCUT2D eigenvalue weighted by atomic mass is 9.72. The number of piperidine rings is 1. The first-order valence-corrected chi connectivity index (χ1v) is 9.59. The molecule has 0 saturated carbocycles. The molecule has 2 aliphatic rings. The minimum absolute atomic E-state index is 0.0811. The molecule has 1 spiro atoms. The summed E-state index contributed by atoms with van der Waals surface area (Å²) in [6.07, 6.45) is 0.585. The van der Waals surface area contributed by atoms with E-state index in [1.807, 2.05) is 0 Å². The highest BCUT2D eigenvalue weighted by Gasteiger charge is 2.62. The monoisotopic (exact) mass is 400 g/mol. The van der Waals surface area contributed by atoms with Crippen molar-refractivity contribution in [1.29, 1.82) is 0 Å². The summed E-state index contributed by atoms with van der Waals surface area (Å²) in [6, 6.07) is 12.0. The van der Waals surface area contributed by atoms with Crippen molar-refractivity contribution >= 4 is 17.5 Å². The maximum absolute atomic E-state index is 13.7. The van der Waals surface area contributed by atoms with Crippen molar-refractivity contribution in [2.45, 2.75) is 30.9 Å². The Hall–Kier alpha value is -2.80. The number of anilines is 1. The van der Waals surface area contributed by atoms with Crippen LogP contribution in [0.25, 0.3) is 0 Å². The zero-order valence-electron chi connectivity index (χ0n) is 16.1. The summed E-state index contributed by atoms with van der Waals surface area (Å²) in [7, 11) is 1.49. The van der Waals surface area contributed by atoms with Crippen LogP contribution >= 0.6 is 0 Å². The molecule has 0 N–H and O–H groups in total. The third-order valence-electron chi connectivity index (χ3n) is 5.91. The van der Waals surface area contributed by atoms with Gasteiger partial charge in [0.1, 0.15) is 11.6 Å². The van der Waals surface area contributed by atoms with E-state index < -0.39 is 17.5 Å². The second-order valence-electron chi connectivity index (χ2n) is 7.56. The summed E-state index contributed by atoms with van der Waals surface area (Å²) < 4.78 is 32.5. The Bertz CT molecular complexity index is 941. The number of carbonyl (C=O) groups is 2. The molecule has 0 radical (unpaired) electrons. The number of amides is 2. The van der Waals surface area contributed by atoms with E-state index >= 15 is 0 Å². The maximum atomic E-state index is 13.7. The molecule has 2 aliphatic heterocycles. The Balaban J connectivity index is 1.48. The summed E-state index contributed by atoms with van der Waals surface area (Å²) >= 11 is 0. The van der Waals surface area contributed by atoms with Crippen molar-refractivity contribution in [3.63, 3.8) is 0 Å². The Labute approximate surface area is 167 Å². The molecule has 5 nitrogen and oxygen atoms in total. The second kappa shape index (κ2) is 7.55. The molecule has 2 amide bonds. The highest BCUT2D eigenvalue weighted by atomic mass is 19.1. The van der Waals surface area contributed by atoms with Crippen molar-refractivity contribution in [2.24, 2.45) is 0 Å². The van der Waals surface area contributed by atoms with Gasteiger partial charge in [0.25, 0.3) is 5.91 Å². The van der Waals surface area contributed by atoms with Crippen LogP contribution in [-0.4, -0.2) is 48.6 Å². The molecule has 2 heterocycles. The number of benzene rings is 2. The molecule has 7 heteroatoms. The molecule has 2 aromatic rings. The minimum atomic E-state index is -0.605. The quantitative estimate of drug-likeness (QED) is 0.742. The van der Waals surface area contributed by atoms with Gasteiger partial charge < -0.3 is 14.5 Å². The number of hydrogen-bond donors (Lipinski definition) is 0. The Kier molecular flexibility index (Phi) is 5.08. The zero-order valence-corrected chi connectivity index (χ0v) is 16.1. The summed E-state index contributed by atoms with van der Waals surface area (Å²) in [4.78, 5) is 28.6. The fourth-order valence-corrected chi connectivity index (χ4v) is 4.50. The molecule has 2 fully saturated rings. The lowest BCUT2D eigenvalue weighted by Crippen LogP contribution is -2.78. The van der Waals surface area contributed by atoms with Gasteiger partial charge in [0.05, 0.1) is 12.0 Å². The van der Waals surface area contributed by atoms with E-state index in [2.05, 4.69) is 0 Å². The van der Waals surface area contributed by atoms with Crippen molar-refractivity contribution in [1.82, 2.24) is 4.90 Å². The van der Waals surface area contributed by atoms with Gasteiger partial charge in [0, 0.05) is 25.9 Å². The lowest BCUT2D eigenvalue weighted by Gasteiger charge is -2.59. The number of β-lactam (4-membered cyclic amide) rings is 1. The molecule has 4 rings (SSSR count). The molecule has 29 heavy (non-hydrogen) atoms. The topological polar surface area (TPSA) is 49.9 Å². The summed E-state index contributed by atoms with van der Waals surface area (Å²) in [5.41, 5.74) is 0.544. The van der Waals surface area contributed by atoms with Crippen LogP contribution in [0.5, 0.6) is 0 Å². The number of halogens is 2. The largest absolute Gasteiger partial charge is 0.369 e. The highest BCUT2D eigenvalue weighted by molar-refractivity contribution is 6.07. The standard InChI is InChI=1S/C22H22F2N2O3/c1-29-20-21(28)26(18-7-3-6-17(24)14-18)22(20)8-10-25(11-9-22)19(27)13-15-4-2-5-16(23)12-15/h2-7,12,14,20H,8-11,13H2,1H3. The molecular formula is C22H22F2N2O3. The number of nitrogens with zero attached hydrogens (tertiary/aromatic N) is 2. The Morgan fingerprint density at radius 3 is 2.38 bits per heavy atom. The van der Waals surface area contributed by atoms with Crippen LogP contribution in [0.3, 0.4) is 0 Å². The van der Waals surface area contributed by atoms with Crippen molar-refractivity contribution in [3.8, 4) is 0 Å². The van der Waals surface area contributed by atoms with E-state index in [9.17, 15) is 18.4 Å². The fraction of sp³-hybridized carbons (Fsp3) is 0.364. The fourth-order valence-electron chi connectivity index (χ4n) is 4.50. The van der Waals surface area contributed by atoms with E-state index in [1.54, 1.807) is 34.1 Å². The van der Waals surface area contributed by atoms with Crippen LogP contribution in [0, 0.1) is 11.6 Å². The van der Waals surface area contributed by atoms with E-state index in [4.69, 9.17) is 4.74 Å². The van der Waals surface area contributed by atoms with Gasteiger partial charge in [0.2, 0.25) is 5.91 Å². The van der Waals surface area contributed by atoms with Crippen LogP contribution < -0.4 is 4.90 Å². The van der Waals surface area contributed by atoms with Gasteiger partial charge in [-0.25, -0.2) is 8.78 Å².